The van der Waals surface area contributed by atoms with Crippen molar-refractivity contribution in [3.8, 4) is 0 Å². The Kier molecular flexibility index (Phi) is 14.7. The molecule has 3 aliphatic rings. The largest absolute Gasteiger partial charge is 0.457 e. The number of hydrogen-bond donors (Lipinski definition) is 3. The molecule has 274 valence electrons. The van der Waals surface area contributed by atoms with E-state index in [0.717, 1.165) is 25.1 Å². The van der Waals surface area contributed by atoms with Crippen molar-refractivity contribution in [2.45, 2.75) is 141 Å². The van der Waals surface area contributed by atoms with E-state index >= 15 is 0 Å². The molecule has 3 N–H and O–H groups in total. The Morgan fingerprint density at radius 2 is 1.88 bits per heavy atom. The number of carbonyl (C=O) groups excluding carboxylic acids is 2. The molecule has 3 aliphatic heterocycles. The number of allylic oxidation sites excluding steroid dienone is 2. The van der Waals surface area contributed by atoms with Gasteiger partial charge in [0.1, 0.15) is 11.7 Å². The quantitative estimate of drug-likeness (QED) is 0.125. The highest BCUT2D eigenvalue weighted by Gasteiger charge is 2.47. The lowest BCUT2D eigenvalue weighted by Crippen LogP contribution is -2.52. The lowest BCUT2D eigenvalue weighted by molar-refractivity contribution is -0.151. The van der Waals surface area contributed by atoms with Gasteiger partial charge in [0.2, 0.25) is 0 Å². The Balaban J connectivity index is 1.73. The van der Waals surface area contributed by atoms with E-state index in [1.165, 1.54) is 0 Å². The number of cyclic esters (lactones) is 1. The van der Waals surface area contributed by atoms with Crippen LogP contribution in [0.2, 0.25) is 0 Å². The van der Waals surface area contributed by atoms with Gasteiger partial charge in [0.15, 0.2) is 6.10 Å². The van der Waals surface area contributed by atoms with Gasteiger partial charge < -0.3 is 39.2 Å². The lowest BCUT2D eigenvalue weighted by atomic mass is 9.88. The summed E-state index contributed by atoms with van der Waals surface area (Å²) in [6, 6.07) is 0.392. The van der Waals surface area contributed by atoms with E-state index in [0.29, 0.717) is 25.6 Å². The summed E-state index contributed by atoms with van der Waals surface area (Å²) in [4.78, 5) is 30.0. The van der Waals surface area contributed by atoms with Crippen LogP contribution >= 0.6 is 0 Å². The number of epoxide rings is 1. The molecule has 0 saturated carbocycles. The van der Waals surface area contributed by atoms with E-state index in [-0.39, 0.29) is 49.4 Å². The van der Waals surface area contributed by atoms with E-state index in [2.05, 4.69) is 32.6 Å². The summed E-state index contributed by atoms with van der Waals surface area (Å²) >= 11 is 0. The average molecular weight is 679 g/mol. The predicted molar refractivity (Wildman–Crippen MR) is 184 cm³/mol. The number of ether oxygens (including phenoxy) is 4. The van der Waals surface area contributed by atoms with Crippen molar-refractivity contribution in [2.24, 2.45) is 11.8 Å². The topological polar surface area (TPSA) is 142 Å². The summed E-state index contributed by atoms with van der Waals surface area (Å²) < 4.78 is 23.2. The molecule has 10 unspecified atom stereocenters. The molecule has 0 aromatic heterocycles. The SMILES string of the molecule is CCC(OC)C(C)C1OC1CC(C)(O)/C=C/C=C(\C)C1OC(=O)CC(O)CCC(C)(O)C(OC(=O)N2CCN(C(C)C)CC2)/C=C\C1C. The van der Waals surface area contributed by atoms with Gasteiger partial charge in [0.05, 0.1) is 36.4 Å². The number of aliphatic hydroxyl groups excluding tert-OH is 1. The third-order valence-electron chi connectivity index (χ3n) is 10.2. The molecule has 11 heteroatoms. The molecule has 3 heterocycles. The first kappa shape index (κ1) is 40.2. The van der Waals surface area contributed by atoms with Crippen LogP contribution in [0, 0.1) is 11.8 Å². The molecule has 1 amide bonds. The van der Waals surface area contributed by atoms with Crippen molar-refractivity contribution in [2.75, 3.05) is 33.3 Å². The number of nitrogens with zero attached hydrogens (tertiary/aromatic N) is 2. The van der Waals surface area contributed by atoms with Crippen molar-refractivity contribution >= 4 is 12.1 Å². The summed E-state index contributed by atoms with van der Waals surface area (Å²) in [5.74, 6) is -0.688. The molecule has 48 heavy (non-hydrogen) atoms. The fourth-order valence-electron chi connectivity index (χ4n) is 6.78. The van der Waals surface area contributed by atoms with Crippen LogP contribution in [0.3, 0.4) is 0 Å². The van der Waals surface area contributed by atoms with Crippen LogP contribution in [-0.2, 0) is 23.7 Å². The first-order valence-corrected chi connectivity index (χ1v) is 17.7. The van der Waals surface area contributed by atoms with Crippen molar-refractivity contribution < 1.29 is 43.9 Å². The Morgan fingerprint density at radius 3 is 2.48 bits per heavy atom. The number of esters is 1. The number of aliphatic hydroxyl groups is 3. The molecule has 0 aromatic carbocycles. The first-order chi connectivity index (χ1) is 22.5. The summed E-state index contributed by atoms with van der Waals surface area (Å²) in [5.41, 5.74) is -1.87. The van der Waals surface area contributed by atoms with Gasteiger partial charge >= 0.3 is 12.1 Å². The number of methoxy groups -OCH3 is 1. The summed E-state index contributed by atoms with van der Waals surface area (Å²) in [7, 11) is 1.71. The van der Waals surface area contributed by atoms with Crippen LogP contribution in [0.1, 0.15) is 87.5 Å². The van der Waals surface area contributed by atoms with Crippen molar-refractivity contribution in [1.82, 2.24) is 9.80 Å². The van der Waals surface area contributed by atoms with E-state index in [1.54, 1.807) is 56.2 Å². The molecular weight excluding hydrogens is 616 g/mol. The Hall–Kier alpha value is -2.28. The van der Waals surface area contributed by atoms with E-state index < -0.39 is 41.6 Å². The number of piperazine rings is 1. The highest BCUT2D eigenvalue weighted by Crippen LogP contribution is 2.38. The highest BCUT2D eigenvalue weighted by atomic mass is 16.6. The summed E-state index contributed by atoms with van der Waals surface area (Å²) in [6.07, 6.45) is 6.96. The maximum atomic E-state index is 13.2. The van der Waals surface area contributed by atoms with Gasteiger partial charge in [-0.05, 0) is 65.5 Å². The minimum Gasteiger partial charge on any atom is -0.457 e. The second-order valence-electron chi connectivity index (χ2n) is 14.8. The van der Waals surface area contributed by atoms with Gasteiger partial charge in [0.25, 0.3) is 0 Å². The fourth-order valence-corrected chi connectivity index (χ4v) is 6.78. The number of amides is 1. The monoisotopic (exact) mass is 678 g/mol. The Labute approximate surface area is 287 Å². The zero-order valence-corrected chi connectivity index (χ0v) is 30.6. The molecular formula is C37H62N2O9. The standard InChI is InChI=1S/C37H62N2O9/c1-10-29(45-9)27(6)34-30(46-34)23-36(7,43)16-11-12-25(4)33-26(5)13-14-31(37(8,44)17-15-28(40)22-32(41)48-33)47-35(42)39-20-18-38(19-21-39)24(2)3/h11-14,16,24,26-31,33-34,40,43-44H,10,15,17-23H2,1-9H3/b14-13-,16-11+,25-12+. The van der Waals surface area contributed by atoms with Crippen LogP contribution in [-0.4, -0.2) is 124 Å². The molecule has 11 nitrogen and oxygen atoms in total. The average Bonchev–Trinajstić information content (AvgIpc) is 3.78. The van der Waals surface area contributed by atoms with Gasteiger partial charge in [-0.3, -0.25) is 9.69 Å². The predicted octanol–water partition coefficient (Wildman–Crippen LogP) is 4.39. The Bertz CT molecular complexity index is 1140. The number of carbonyl (C=O) groups is 2. The van der Waals surface area contributed by atoms with E-state index in [1.807, 2.05) is 13.8 Å². The molecule has 10 atom stereocenters. The van der Waals surface area contributed by atoms with Crippen LogP contribution in [0.4, 0.5) is 4.79 Å². The zero-order chi connectivity index (χ0) is 35.8. The van der Waals surface area contributed by atoms with Crippen LogP contribution in [0.5, 0.6) is 0 Å². The fraction of sp³-hybridized carbons (Fsp3) is 0.784. The van der Waals surface area contributed by atoms with Gasteiger partial charge in [-0.1, -0.05) is 45.1 Å². The van der Waals surface area contributed by atoms with Gasteiger partial charge in [0, 0.05) is 57.6 Å². The third kappa shape index (κ3) is 11.7. The first-order valence-electron chi connectivity index (χ1n) is 17.7. The molecule has 0 bridgehead atoms. The van der Waals surface area contributed by atoms with Crippen molar-refractivity contribution in [1.29, 1.82) is 0 Å². The molecule has 2 fully saturated rings. The van der Waals surface area contributed by atoms with Gasteiger partial charge in [-0.2, -0.15) is 0 Å². The minimum absolute atomic E-state index is 0.0460. The summed E-state index contributed by atoms with van der Waals surface area (Å²) in [6.45, 7) is 18.1. The lowest BCUT2D eigenvalue weighted by Gasteiger charge is -2.38. The normalized spacial score (nSPS) is 34.5. The smallest absolute Gasteiger partial charge is 0.410 e. The second-order valence-corrected chi connectivity index (χ2v) is 14.8. The maximum Gasteiger partial charge on any atom is 0.410 e. The van der Waals surface area contributed by atoms with Crippen LogP contribution < -0.4 is 0 Å². The molecule has 2 saturated heterocycles. The summed E-state index contributed by atoms with van der Waals surface area (Å²) in [5, 5.41) is 33.2. The molecule has 0 spiro atoms. The zero-order valence-electron chi connectivity index (χ0n) is 30.6. The van der Waals surface area contributed by atoms with Crippen molar-refractivity contribution in [3.63, 3.8) is 0 Å². The molecule has 0 aromatic rings. The third-order valence-corrected chi connectivity index (χ3v) is 10.2. The van der Waals surface area contributed by atoms with Crippen LogP contribution in [0.15, 0.2) is 36.0 Å². The molecule has 0 radical (unpaired) electrons. The molecule has 3 rings (SSSR count). The van der Waals surface area contributed by atoms with Crippen molar-refractivity contribution in [3.05, 3.63) is 36.0 Å². The van der Waals surface area contributed by atoms with Gasteiger partial charge in [-0.15, -0.1) is 0 Å². The van der Waals surface area contributed by atoms with Gasteiger partial charge in [-0.25, -0.2) is 4.79 Å². The number of rotatable bonds is 11. The van der Waals surface area contributed by atoms with Crippen LogP contribution in [0.25, 0.3) is 0 Å². The minimum atomic E-state index is -1.48. The van der Waals surface area contributed by atoms with E-state index in [4.69, 9.17) is 18.9 Å². The van der Waals surface area contributed by atoms with E-state index in [9.17, 15) is 24.9 Å². The Morgan fingerprint density at radius 1 is 1.21 bits per heavy atom. The highest BCUT2D eigenvalue weighted by molar-refractivity contribution is 5.70. The molecule has 0 aliphatic carbocycles. The maximum absolute atomic E-state index is 13.2. The second kappa shape index (κ2) is 17.6. The number of hydrogen-bond acceptors (Lipinski definition) is 10.